The number of nitrogens with zero attached hydrogens (tertiary/aromatic N) is 2. The van der Waals surface area contributed by atoms with Crippen molar-refractivity contribution in [2.75, 3.05) is 5.43 Å². The van der Waals surface area contributed by atoms with Gasteiger partial charge in [-0.15, -0.1) is 0 Å². The number of benzene rings is 2. The first-order chi connectivity index (χ1) is 11.6. The van der Waals surface area contributed by atoms with E-state index in [1.165, 1.54) is 18.3 Å². The SMILES string of the molecule is O=[N+]([O-])c1ccc(N/N=C\c2cc(Br)c(O)c(Br)c2)c(C(F)(F)F)c1. The van der Waals surface area contributed by atoms with E-state index in [0.717, 1.165) is 12.1 Å². The van der Waals surface area contributed by atoms with Gasteiger partial charge in [0.2, 0.25) is 0 Å². The van der Waals surface area contributed by atoms with Crippen molar-refractivity contribution in [2.45, 2.75) is 6.18 Å². The number of nitro benzene ring substituents is 1. The number of nitrogens with one attached hydrogen (secondary N) is 1. The van der Waals surface area contributed by atoms with Gasteiger partial charge in [0.15, 0.2) is 0 Å². The zero-order chi connectivity index (χ0) is 18.8. The number of aromatic hydroxyl groups is 1. The molecule has 0 aliphatic carbocycles. The highest BCUT2D eigenvalue weighted by atomic mass is 79.9. The standard InChI is InChI=1S/C14H8Br2F3N3O3/c15-10-3-7(4-11(16)13(10)23)6-20-21-12-2-1-8(22(24)25)5-9(12)14(17,18)19/h1-6,21,23H/b20-6-. The third kappa shape index (κ3) is 4.69. The molecular weight excluding hydrogens is 475 g/mol. The number of rotatable bonds is 4. The smallest absolute Gasteiger partial charge is 0.418 e. The largest absolute Gasteiger partial charge is 0.506 e. The first kappa shape index (κ1) is 19.2. The van der Waals surface area contributed by atoms with Gasteiger partial charge in [0.05, 0.1) is 31.3 Å². The van der Waals surface area contributed by atoms with Gasteiger partial charge in [-0.3, -0.25) is 15.5 Å². The summed E-state index contributed by atoms with van der Waals surface area (Å²) in [7, 11) is 0. The zero-order valence-corrected chi connectivity index (χ0v) is 15.2. The molecule has 0 aromatic heterocycles. The minimum atomic E-state index is -4.78. The van der Waals surface area contributed by atoms with Gasteiger partial charge >= 0.3 is 6.18 Å². The minimum Gasteiger partial charge on any atom is -0.506 e. The molecule has 0 heterocycles. The number of nitro groups is 1. The average Bonchev–Trinajstić information content (AvgIpc) is 2.51. The van der Waals surface area contributed by atoms with E-state index in [1.54, 1.807) is 0 Å². The van der Waals surface area contributed by atoms with Crippen molar-refractivity contribution >= 4 is 49.4 Å². The molecule has 11 heteroatoms. The number of phenols is 1. The van der Waals surface area contributed by atoms with Crippen LogP contribution >= 0.6 is 31.9 Å². The van der Waals surface area contributed by atoms with Crippen LogP contribution in [0.5, 0.6) is 5.75 Å². The van der Waals surface area contributed by atoms with Crippen LogP contribution in [-0.2, 0) is 6.18 Å². The molecule has 0 aliphatic heterocycles. The molecule has 0 radical (unpaired) electrons. The number of hydrogen-bond acceptors (Lipinski definition) is 5. The second-order valence-electron chi connectivity index (χ2n) is 4.69. The fraction of sp³-hybridized carbons (Fsp3) is 0.0714. The van der Waals surface area contributed by atoms with E-state index in [2.05, 4.69) is 42.4 Å². The molecule has 0 unspecified atom stereocenters. The van der Waals surface area contributed by atoms with Gasteiger partial charge in [0, 0.05) is 12.1 Å². The monoisotopic (exact) mass is 481 g/mol. The summed E-state index contributed by atoms with van der Waals surface area (Å²) >= 11 is 6.24. The summed E-state index contributed by atoms with van der Waals surface area (Å²) in [5, 5.41) is 23.9. The summed E-state index contributed by atoms with van der Waals surface area (Å²) in [6.07, 6.45) is -3.55. The fourth-order valence-corrected chi connectivity index (χ4v) is 3.04. The van der Waals surface area contributed by atoms with Crippen LogP contribution in [-0.4, -0.2) is 16.2 Å². The number of hydrogen-bond donors (Lipinski definition) is 2. The molecule has 2 aromatic carbocycles. The van der Waals surface area contributed by atoms with E-state index in [9.17, 15) is 28.4 Å². The van der Waals surface area contributed by atoms with Gasteiger partial charge in [0.1, 0.15) is 5.75 Å². The van der Waals surface area contributed by atoms with E-state index < -0.39 is 28.0 Å². The fourth-order valence-electron chi connectivity index (χ4n) is 1.81. The average molecular weight is 483 g/mol. The Hall–Kier alpha value is -2.14. The summed E-state index contributed by atoms with van der Waals surface area (Å²) in [6.45, 7) is 0. The van der Waals surface area contributed by atoms with Crippen molar-refractivity contribution in [3.63, 3.8) is 0 Å². The molecule has 0 saturated carbocycles. The Kier molecular flexibility index (Phi) is 5.68. The van der Waals surface area contributed by atoms with Crippen LogP contribution in [0.15, 0.2) is 44.4 Å². The molecule has 2 rings (SSSR count). The minimum absolute atomic E-state index is 0.0279. The van der Waals surface area contributed by atoms with E-state index in [0.29, 0.717) is 20.6 Å². The Labute approximate surface area is 155 Å². The van der Waals surface area contributed by atoms with Crippen molar-refractivity contribution in [2.24, 2.45) is 5.10 Å². The summed E-state index contributed by atoms with van der Waals surface area (Å²) in [4.78, 5) is 9.73. The molecule has 0 saturated heterocycles. The van der Waals surface area contributed by atoms with Crippen LogP contribution in [0.3, 0.4) is 0 Å². The molecule has 25 heavy (non-hydrogen) atoms. The third-order valence-electron chi connectivity index (χ3n) is 2.96. The molecule has 0 atom stereocenters. The molecule has 0 fully saturated rings. The van der Waals surface area contributed by atoms with Gasteiger partial charge < -0.3 is 5.11 Å². The van der Waals surface area contributed by atoms with Crippen LogP contribution < -0.4 is 5.43 Å². The van der Waals surface area contributed by atoms with Crippen molar-refractivity contribution in [1.29, 1.82) is 0 Å². The van der Waals surface area contributed by atoms with Crippen LogP contribution in [0.4, 0.5) is 24.5 Å². The Morgan fingerprint density at radius 3 is 2.32 bits per heavy atom. The molecule has 2 N–H and O–H groups in total. The van der Waals surface area contributed by atoms with E-state index in [1.807, 2.05) is 0 Å². The van der Waals surface area contributed by atoms with Crippen molar-refractivity contribution in [1.82, 2.24) is 0 Å². The Morgan fingerprint density at radius 2 is 1.80 bits per heavy atom. The second kappa shape index (κ2) is 7.40. The first-order valence-corrected chi connectivity index (χ1v) is 8.01. The van der Waals surface area contributed by atoms with Gasteiger partial charge in [-0.1, -0.05) is 0 Å². The van der Waals surface area contributed by atoms with Crippen molar-refractivity contribution < 1.29 is 23.2 Å². The number of hydrazone groups is 1. The molecule has 0 bridgehead atoms. The number of phenolic OH excluding ortho intramolecular Hbond substituents is 1. The lowest BCUT2D eigenvalue weighted by Gasteiger charge is -2.11. The number of halogens is 5. The molecule has 6 nitrogen and oxygen atoms in total. The number of anilines is 1. The Morgan fingerprint density at radius 1 is 1.20 bits per heavy atom. The normalized spacial score (nSPS) is 11.7. The van der Waals surface area contributed by atoms with E-state index in [4.69, 9.17) is 0 Å². The van der Waals surface area contributed by atoms with Crippen LogP contribution in [0.2, 0.25) is 0 Å². The molecule has 0 spiro atoms. The number of alkyl halides is 3. The lowest BCUT2D eigenvalue weighted by atomic mass is 10.1. The zero-order valence-electron chi connectivity index (χ0n) is 12.0. The summed E-state index contributed by atoms with van der Waals surface area (Å²) in [5.41, 5.74) is 0.408. The highest BCUT2D eigenvalue weighted by Crippen LogP contribution is 2.37. The quantitative estimate of drug-likeness (QED) is 0.352. The highest BCUT2D eigenvalue weighted by Gasteiger charge is 2.35. The topological polar surface area (TPSA) is 87.8 Å². The first-order valence-electron chi connectivity index (χ1n) is 6.42. The Balaban J connectivity index is 2.30. The summed E-state index contributed by atoms with van der Waals surface area (Å²) in [6, 6.07) is 5.32. The molecular formula is C14H8Br2F3N3O3. The lowest BCUT2D eigenvalue weighted by Crippen LogP contribution is -2.09. The molecule has 132 valence electrons. The van der Waals surface area contributed by atoms with Gasteiger partial charge in [-0.2, -0.15) is 18.3 Å². The maximum absolute atomic E-state index is 13.0. The predicted octanol–water partition coefficient (Wildman–Crippen LogP) is 5.29. The van der Waals surface area contributed by atoms with Gasteiger partial charge in [-0.05, 0) is 55.6 Å². The van der Waals surface area contributed by atoms with Gasteiger partial charge in [-0.25, -0.2) is 0 Å². The van der Waals surface area contributed by atoms with Crippen molar-refractivity contribution in [3.8, 4) is 5.75 Å². The van der Waals surface area contributed by atoms with Crippen molar-refractivity contribution in [3.05, 3.63) is 60.5 Å². The molecule has 2 aromatic rings. The van der Waals surface area contributed by atoms with Gasteiger partial charge in [0.25, 0.3) is 5.69 Å². The van der Waals surface area contributed by atoms with E-state index in [-0.39, 0.29) is 5.75 Å². The van der Waals surface area contributed by atoms with Crippen LogP contribution in [0.1, 0.15) is 11.1 Å². The summed E-state index contributed by atoms with van der Waals surface area (Å²) < 4.78 is 39.9. The predicted molar refractivity (Wildman–Crippen MR) is 92.8 cm³/mol. The molecule has 0 amide bonds. The van der Waals surface area contributed by atoms with E-state index >= 15 is 0 Å². The summed E-state index contributed by atoms with van der Waals surface area (Å²) in [5.74, 6) is -0.0279. The molecule has 0 aliphatic rings. The van der Waals surface area contributed by atoms with Crippen LogP contribution in [0.25, 0.3) is 0 Å². The lowest BCUT2D eigenvalue weighted by molar-refractivity contribution is -0.385. The maximum Gasteiger partial charge on any atom is 0.418 e. The third-order valence-corrected chi connectivity index (χ3v) is 4.17. The Bertz CT molecular complexity index is 834. The maximum atomic E-state index is 13.0. The van der Waals surface area contributed by atoms with Crippen LogP contribution in [0, 0.1) is 10.1 Å². The number of non-ortho nitro benzene ring substituents is 1. The second-order valence-corrected chi connectivity index (χ2v) is 6.40. The highest BCUT2D eigenvalue weighted by molar-refractivity contribution is 9.11.